The highest BCUT2D eigenvalue weighted by Crippen LogP contribution is 2.31. The second-order valence-corrected chi connectivity index (χ2v) is 5.95. The summed E-state index contributed by atoms with van der Waals surface area (Å²) in [7, 11) is 0. The van der Waals surface area contributed by atoms with Gasteiger partial charge in [-0.1, -0.05) is 30.3 Å². The molecule has 1 aliphatic rings. The molecule has 5 nitrogen and oxygen atoms in total. The lowest BCUT2D eigenvalue weighted by atomic mass is 10.1. The third-order valence-electron chi connectivity index (χ3n) is 3.80. The van der Waals surface area contributed by atoms with Crippen LogP contribution in [0.5, 0.6) is 5.88 Å². The monoisotopic (exact) mass is 312 g/mol. The van der Waals surface area contributed by atoms with Crippen molar-refractivity contribution in [1.29, 1.82) is 0 Å². The van der Waals surface area contributed by atoms with Gasteiger partial charge in [0.25, 0.3) is 5.91 Å². The van der Waals surface area contributed by atoms with Crippen molar-refractivity contribution >= 4 is 5.91 Å². The van der Waals surface area contributed by atoms with Crippen LogP contribution in [-0.4, -0.2) is 28.2 Å². The maximum absolute atomic E-state index is 12.5. The van der Waals surface area contributed by atoms with Gasteiger partial charge in [0.15, 0.2) is 0 Å². The molecular formula is C18H20N2O3. The van der Waals surface area contributed by atoms with Gasteiger partial charge in [-0.05, 0) is 31.0 Å². The van der Waals surface area contributed by atoms with E-state index < -0.39 is 12.1 Å². The first-order valence-corrected chi connectivity index (χ1v) is 7.75. The number of pyridine rings is 1. The number of ether oxygens (including phenoxy) is 1. The number of fused-ring (bicyclic) bond motifs is 1. The number of benzene rings is 1. The van der Waals surface area contributed by atoms with Crippen molar-refractivity contribution < 1.29 is 14.6 Å². The lowest BCUT2D eigenvalue weighted by Crippen LogP contribution is -2.34. The molecule has 2 unspecified atom stereocenters. The first-order valence-electron chi connectivity index (χ1n) is 7.75. The summed E-state index contributed by atoms with van der Waals surface area (Å²) in [6.07, 6.45) is -0.0822. The molecule has 2 atom stereocenters. The number of hydrogen-bond acceptors (Lipinski definition) is 4. The largest absolute Gasteiger partial charge is 0.475 e. The van der Waals surface area contributed by atoms with Crippen molar-refractivity contribution in [3.63, 3.8) is 0 Å². The fourth-order valence-corrected chi connectivity index (χ4v) is 2.81. The molecule has 1 amide bonds. The second-order valence-electron chi connectivity index (χ2n) is 5.95. The van der Waals surface area contributed by atoms with Crippen LogP contribution < -0.4 is 10.1 Å². The minimum atomic E-state index is -0.619. The Kier molecular flexibility index (Phi) is 4.30. The van der Waals surface area contributed by atoms with E-state index in [0.29, 0.717) is 12.3 Å². The van der Waals surface area contributed by atoms with E-state index in [1.165, 1.54) is 0 Å². The van der Waals surface area contributed by atoms with Gasteiger partial charge in [-0.2, -0.15) is 0 Å². The Morgan fingerprint density at radius 3 is 2.83 bits per heavy atom. The number of nitrogens with one attached hydrogen (secondary N) is 1. The average molecular weight is 312 g/mol. The number of amides is 1. The zero-order valence-electron chi connectivity index (χ0n) is 13.2. The molecule has 0 saturated heterocycles. The predicted octanol–water partition coefficient (Wildman–Crippen LogP) is 2.26. The van der Waals surface area contributed by atoms with Crippen molar-refractivity contribution in [2.75, 3.05) is 0 Å². The van der Waals surface area contributed by atoms with Gasteiger partial charge in [0, 0.05) is 12.5 Å². The fraction of sp³-hybridized carbons (Fsp3) is 0.333. The van der Waals surface area contributed by atoms with Gasteiger partial charge in [0.1, 0.15) is 5.69 Å². The van der Waals surface area contributed by atoms with Crippen molar-refractivity contribution in [1.82, 2.24) is 10.3 Å². The SMILES string of the molecule is CC(C)Oc1cccc(C(=O)NC2c3ccccc3CC2O)n1. The number of nitrogens with zero attached hydrogens (tertiary/aromatic N) is 1. The van der Waals surface area contributed by atoms with Crippen molar-refractivity contribution in [3.8, 4) is 5.88 Å². The number of carbonyl (C=O) groups excluding carboxylic acids is 1. The van der Waals surface area contributed by atoms with Crippen LogP contribution in [0.2, 0.25) is 0 Å². The predicted molar refractivity (Wildman–Crippen MR) is 86.4 cm³/mol. The molecule has 0 aliphatic heterocycles. The van der Waals surface area contributed by atoms with Gasteiger partial charge >= 0.3 is 0 Å². The van der Waals surface area contributed by atoms with E-state index in [2.05, 4.69) is 10.3 Å². The molecule has 0 bridgehead atoms. The van der Waals surface area contributed by atoms with E-state index in [0.717, 1.165) is 11.1 Å². The summed E-state index contributed by atoms with van der Waals surface area (Å²) in [6, 6.07) is 12.4. The molecular weight excluding hydrogens is 292 g/mol. The molecule has 2 aromatic rings. The summed E-state index contributed by atoms with van der Waals surface area (Å²) in [5.74, 6) is 0.0972. The van der Waals surface area contributed by atoms with E-state index in [1.54, 1.807) is 18.2 Å². The van der Waals surface area contributed by atoms with Crippen LogP contribution in [0, 0.1) is 0 Å². The number of hydrogen-bond donors (Lipinski definition) is 2. The Balaban J connectivity index is 1.77. The smallest absolute Gasteiger partial charge is 0.270 e. The number of rotatable bonds is 4. The first kappa shape index (κ1) is 15.5. The minimum Gasteiger partial charge on any atom is -0.475 e. The number of aromatic nitrogens is 1. The van der Waals surface area contributed by atoms with Gasteiger partial charge in [-0.15, -0.1) is 0 Å². The summed E-state index contributed by atoms with van der Waals surface area (Å²) < 4.78 is 5.51. The zero-order valence-corrected chi connectivity index (χ0v) is 13.2. The van der Waals surface area contributed by atoms with Gasteiger partial charge in [-0.3, -0.25) is 4.79 Å². The third-order valence-corrected chi connectivity index (χ3v) is 3.80. The molecule has 0 spiro atoms. The Labute approximate surface area is 135 Å². The molecule has 0 saturated carbocycles. The molecule has 3 rings (SSSR count). The molecule has 1 aliphatic carbocycles. The normalized spacial score (nSPS) is 19.5. The van der Waals surface area contributed by atoms with Crippen LogP contribution in [0.3, 0.4) is 0 Å². The van der Waals surface area contributed by atoms with E-state index >= 15 is 0 Å². The van der Waals surface area contributed by atoms with E-state index in [1.807, 2.05) is 38.1 Å². The molecule has 120 valence electrons. The Hall–Kier alpha value is -2.40. The quantitative estimate of drug-likeness (QED) is 0.908. The summed E-state index contributed by atoms with van der Waals surface area (Å²) in [5, 5.41) is 13.1. The molecule has 2 N–H and O–H groups in total. The van der Waals surface area contributed by atoms with E-state index in [4.69, 9.17) is 4.74 Å². The lowest BCUT2D eigenvalue weighted by Gasteiger charge is -2.18. The standard InChI is InChI=1S/C18H20N2O3/c1-11(2)23-16-9-5-8-14(19-16)18(22)20-17-13-7-4-3-6-12(13)10-15(17)21/h3-9,11,15,17,21H,10H2,1-2H3,(H,20,22). The van der Waals surface area contributed by atoms with Crippen LogP contribution in [0.1, 0.15) is 41.5 Å². The molecule has 5 heteroatoms. The molecule has 0 radical (unpaired) electrons. The summed E-state index contributed by atoms with van der Waals surface area (Å²) in [6.45, 7) is 3.81. The van der Waals surface area contributed by atoms with E-state index in [-0.39, 0.29) is 17.7 Å². The fourth-order valence-electron chi connectivity index (χ4n) is 2.81. The highest BCUT2D eigenvalue weighted by atomic mass is 16.5. The molecule has 0 fully saturated rings. The maximum atomic E-state index is 12.5. The lowest BCUT2D eigenvalue weighted by molar-refractivity contribution is 0.0851. The second kappa shape index (κ2) is 6.38. The topological polar surface area (TPSA) is 71.5 Å². The van der Waals surface area contributed by atoms with E-state index in [9.17, 15) is 9.90 Å². The maximum Gasteiger partial charge on any atom is 0.270 e. The Morgan fingerprint density at radius 1 is 1.26 bits per heavy atom. The molecule has 1 heterocycles. The Morgan fingerprint density at radius 2 is 2.04 bits per heavy atom. The first-order chi connectivity index (χ1) is 11.0. The van der Waals surface area contributed by atoms with Crippen molar-refractivity contribution in [3.05, 3.63) is 59.3 Å². The van der Waals surface area contributed by atoms with Crippen LogP contribution in [0.15, 0.2) is 42.5 Å². The van der Waals surface area contributed by atoms with Crippen LogP contribution in [0.25, 0.3) is 0 Å². The number of carbonyl (C=O) groups is 1. The van der Waals surface area contributed by atoms with Crippen molar-refractivity contribution in [2.24, 2.45) is 0 Å². The summed E-state index contributed by atoms with van der Waals surface area (Å²) in [5.41, 5.74) is 2.30. The van der Waals surface area contributed by atoms with Crippen LogP contribution in [-0.2, 0) is 6.42 Å². The van der Waals surface area contributed by atoms with Gasteiger partial charge in [0.05, 0.1) is 18.2 Å². The average Bonchev–Trinajstić information content (AvgIpc) is 2.83. The van der Waals surface area contributed by atoms with Gasteiger partial charge in [0.2, 0.25) is 5.88 Å². The highest BCUT2D eigenvalue weighted by Gasteiger charge is 2.32. The summed E-state index contributed by atoms with van der Waals surface area (Å²) in [4.78, 5) is 16.7. The van der Waals surface area contributed by atoms with Gasteiger partial charge < -0.3 is 15.2 Å². The Bertz CT molecular complexity index is 715. The molecule has 1 aromatic heterocycles. The van der Waals surface area contributed by atoms with Crippen molar-refractivity contribution in [2.45, 2.75) is 38.5 Å². The van der Waals surface area contributed by atoms with Crippen LogP contribution in [0.4, 0.5) is 0 Å². The number of aliphatic hydroxyl groups excluding tert-OH is 1. The highest BCUT2D eigenvalue weighted by molar-refractivity contribution is 5.92. The third kappa shape index (κ3) is 3.35. The zero-order chi connectivity index (χ0) is 16.4. The minimum absolute atomic E-state index is 0.00987. The summed E-state index contributed by atoms with van der Waals surface area (Å²) >= 11 is 0. The number of aliphatic hydroxyl groups is 1. The molecule has 23 heavy (non-hydrogen) atoms. The van der Waals surface area contributed by atoms with Crippen LogP contribution >= 0.6 is 0 Å². The van der Waals surface area contributed by atoms with Gasteiger partial charge in [-0.25, -0.2) is 4.98 Å². The molecule has 1 aromatic carbocycles.